The SMILES string of the molecule is CC(=O)Nc1cccc(OCCOc2ccccc2)c1. The number of carbonyl (C=O) groups excluding carboxylic acids is 1. The van der Waals surface area contributed by atoms with Gasteiger partial charge >= 0.3 is 0 Å². The maximum Gasteiger partial charge on any atom is 0.221 e. The topological polar surface area (TPSA) is 47.6 Å². The first kappa shape index (κ1) is 13.9. The summed E-state index contributed by atoms with van der Waals surface area (Å²) in [6.07, 6.45) is 0. The van der Waals surface area contributed by atoms with Gasteiger partial charge in [-0.2, -0.15) is 0 Å². The summed E-state index contributed by atoms with van der Waals surface area (Å²) in [7, 11) is 0. The Balaban J connectivity index is 1.78. The van der Waals surface area contributed by atoms with Gasteiger partial charge in [0.25, 0.3) is 0 Å². The first-order valence-corrected chi connectivity index (χ1v) is 6.42. The Morgan fingerprint density at radius 2 is 1.60 bits per heavy atom. The molecule has 0 aliphatic heterocycles. The highest BCUT2D eigenvalue weighted by atomic mass is 16.5. The quantitative estimate of drug-likeness (QED) is 0.821. The Morgan fingerprint density at radius 3 is 2.30 bits per heavy atom. The first-order chi connectivity index (χ1) is 9.74. The van der Waals surface area contributed by atoms with Gasteiger partial charge < -0.3 is 14.8 Å². The largest absolute Gasteiger partial charge is 0.490 e. The summed E-state index contributed by atoms with van der Waals surface area (Å²) in [5.74, 6) is 1.42. The molecule has 2 rings (SSSR count). The second kappa shape index (κ2) is 7.19. The molecule has 1 N–H and O–H groups in total. The zero-order valence-corrected chi connectivity index (χ0v) is 11.3. The van der Waals surface area contributed by atoms with Crippen molar-refractivity contribution in [1.29, 1.82) is 0 Å². The lowest BCUT2D eigenvalue weighted by Crippen LogP contribution is -2.09. The van der Waals surface area contributed by atoms with Crippen LogP contribution in [0, 0.1) is 0 Å². The van der Waals surface area contributed by atoms with E-state index < -0.39 is 0 Å². The lowest BCUT2D eigenvalue weighted by atomic mass is 10.3. The van der Waals surface area contributed by atoms with Gasteiger partial charge in [-0.05, 0) is 24.3 Å². The van der Waals surface area contributed by atoms with E-state index in [2.05, 4.69) is 5.32 Å². The molecule has 0 aliphatic carbocycles. The molecule has 104 valence electrons. The third-order valence-corrected chi connectivity index (χ3v) is 2.52. The highest BCUT2D eigenvalue weighted by Crippen LogP contribution is 2.17. The van der Waals surface area contributed by atoms with Crippen molar-refractivity contribution in [3.8, 4) is 11.5 Å². The van der Waals surface area contributed by atoms with Crippen molar-refractivity contribution >= 4 is 11.6 Å². The second-order valence-electron chi connectivity index (χ2n) is 4.22. The molecule has 0 saturated heterocycles. The molecule has 0 spiro atoms. The van der Waals surface area contributed by atoms with E-state index in [0.717, 1.165) is 11.4 Å². The average Bonchev–Trinajstić information content (AvgIpc) is 2.44. The molecule has 2 aromatic rings. The van der Waals surface area contributed by atoms with Crippen molar-refractivity contribution in [2.75, 3.05) is 18.5 Å². The molecular formula is C16H17NO3. The number of para-hydroxylation sites is 1. The Hall–Kier alpha value is -2.49. The number of hydrogen-bond acceptors (Lipinski definition) is 3. The molecule has 0 saturated carbocycles. The van der Waals surface area contributed by atoms with E-state index in [-0.39, 0.29) is 5.91 Å². The maximum absolute atomic E-state index is 11.0. The van der Waals surface area contributed by atoms with Gasteiger partial charge in [0.2, 0.25) is 5.91 Å². The van der Waals surface area contributed by atoms with Crippen LogP contribution >= 0.6 is 0 Å². The maximum atomic E-state index is 11.0. The molecule has 0 heterocycles. The fourth-order valence-electron chi connectivity index (χ4n) is 1.70. The molecule has 0 bridgehead atoms. The second-order valence-corrected chi connectivity index (χ2v) is 4.22. The van der Waals surface area contributed by atoms with Gasteiger partial charge in [-0.1, -0.05) is 24.3 Å². The molecule has 0 aromatic heterocycles. The summed E-state index contributed by atoms with van der Waals surface area (Å²) < 4.78 is 11.1. The van der Waals surface area contributed by atoms with Crippen LogP contribution in [0.15, 0.2) is 54.6 Å². The number of rotatable bonds is 6. The summed E-state index contributed by atoms with van der Waals surface area (Å²) in [4.78, 5) is 11.0. The molecule has 2 aromatic carbocycles. The Morgan fingerprint density at radius 1 is 0.950 bits per heavy atom. The van der Waals surface area contributed by atoms with Gasteiger partial charge in [-0.3, -0.25) is 4.79 Å². The van der Waals surface area contributed by atoms with Gasteiger partial charge in [0.1, 0.15) is 24.7 Å². The minimum Gasteiger partial charge on any atom is -0.490 e. The molecule has 0 radical (unpaired) electrons. The number of benzene rings is 2. The van der Waals surface area contributed by atoms with Crippen LogP contribution in [-0.4, -0.2) is 19.1 Å². The van der Waals surface area contributed by atoms with Crippen LogP contribution in [0.3, 0.4) is 0 Å². The van der Waals surface area contributed by atoms with Crippen LogP contribution in [0.4, 0.5) is 5.69 Å². The van der Waals surface area contributed by atoms with Gasteiger partial charge in [-0.15, -0.1) is 0 Å². The highest BCUT2D eigenvalue weighted by molar-refractivity contribution is 5.88. The van der Waals surface area contributed by atoms with Gasteiger partial charge in [0.15, 0.2) is 0 Å². The van der Waals surface area contributed by atoms with Crippen molar-refractivity contribution in [2.24, 2.45) is 0 Å². The Labute approximate surface area is 118 Å². The molecule has 0 unspecified atom stereocenters. The molecule has 0 atom stereocenters. The van der Waals surface area contributed by atoms with Crippen LogP contribution in [0.25, 0.3) is 0 Å². The molecule has 20 heavy (non-hydrogen) atoms. The third kappa shape index (κ3) is 4.65. The lowest BCUT2D eigenvalue weighted by molar-refractivity contribution is -0.114. The molecular weight excluding hydrogens is 254 g/mol. The standard InChI is InChI=1S/C16H17NO3/c1-13(18)17-14-6-5-9-16(12-14)20-11-10-19-15-7-3-2-4-8-15/h2-9,12H,10-11H2,1H3,(H,17,18). The van der Waals surface area contributed by atoms with Crippen molar-refractivity contribution in [2.45, 2.75) is 6.92 Å². The predicted molar refractivity (Wildman–Crippen MR) is 78.2 cm³/mol. The summed E-state index contributed by atoms with van der Waals surface area (Å²) >= 11 is 0. The zero-order valence-electron chi connectivity index (χ0n) is 11.3. The highest BCUT2D eigenvalue weighted by Gasteiger charge is 1.99. The monoisotopic (exact) mass is 271 g/mol. The lowest BCUT2D eigenvalue weighted by Gasteiger charge is -2.09. The van der Waals surface area contributed by atoms with Gasteiger partial charge in [0.05, 0.1) is 0 Å². The van der Waals surface area contributed by atoms with Crippen molar-refractivity contribution in [3.63, 3.8) is 0 Å². The van der Waals surface area contributed by atoms with Crippen molar-refractivity contribution < 1.29 is 14.3 Å². The summed E-state index contributed by atoms with van der Waals surface area (Å²) in [5.41, 5.74) is 0.721. The Bertz CT molecular complexity index is 555. The molecule has 1 amide bonds. The molecule has 4 nitrogen and oxygen atoms in total. The number of hydrogen-bond donors (Lipinski definition) is 1. The smallest absolute Gasteiger partial charge is 0.221 e. The summed E-state index contributed by atoms with van der Waals surface area (Å²) in [6.45, 7) is 2.38. The summed E-state index contributed by atoms with van der Waals surface area (Å²) in [6, 6.07) is 16.9. The van der Waals surface area contributed by atoms with E-state index >= 15 is 0 Å². The van der Waals surface area contributed by atoms with E-state index in [1.165, 1.54) is 6.92 Å². The third-order valence-electron chi connectivity index (χ3n) is 2.52. The van der Waals surface area contributed by atoms with Crippen LogP contribution < -0.4 is 14.8 Å². The zero-order chi connectivity index (χ0) is 14.2. The van der Waals surface area contributed by atoms with E-state index in [0.29, 0.717) is 19.0 Å². The van der Waals surface area contributed by atoms with Gasteiger partial charge in [-0.25, -0.2) is 0 Å². The van der Waals surface area contributed by atoms with E-state index in [1.54, 1.807) is 6.07 Å². The number of anilines is 1. The van der Waals surface area contributed by atoms with E-state index in [9.17, 15) is 4.79 Å². The molecule has 0 aliphatic rings. The van der Waals surface area contributed by atoms with Crippen LogP contribution in [0.1, 0.15) is 6.92 Å². The fraction of sp³-hybridized carbons (Fsp3) is 0.188. The van der Waals surface area contributed by atoms with E-state index in [1.807, 2.05) is 48.5 Å². The van der Waals surface area contributed by atoms with Gasteiger partial charge in [0, 0.05) is 18.7 Å². The number of carbonyl (C=O) groups is 1. The van der Waals surface area contributed by atoms with Crippen LogP contribution in [0.2, 0.25) is 0 Å². The minimum atomic E-state index is -0.102. The van der Waals surface area contributed by atoms with Crippen molar-refractivity contribution in [3.05, 3.63) is 54.6 Å². The normalized spacial score (nSPS) is 9.85. The molecule has 0 fully saturated rings. The number of nitrogens with one attached hydrogen (secondary N) is 1. The first-order valence-electron chi connectivity index (χ1n) is 6.42. The van der Waals surface area contributed by atoms with Crippen molar-refractivity contribution in [1.82, 2.24) is 0 Å². The average molecular weight is 271 g/mol. The van der Waals surface area contributed by atoms with Crippen LogP contribution in [0.5, 0.6) is 11.5 Å². The predicted octanol–water partition coefficient (Wildman–Crippen LogP) is 3.10. The van der Waals surface area contributed by atoms with Crippen LogP contribution in [-0.2, 0) is 4.79 Å². The number of amides is 1. The summed E-state index contributed by atoms with van der Waals surface area (Å²) in [5, 5.41) is 2.71. The fourth-order valence-corrected chi connectivity index (χ4v) is 1.70. The minimum absolute atomic E-state index is 0.102. The molecule has 4 heteroatoms. The Kier molecular flexibility index (Phi) is 5.00. The van der Waals surface area contributed by atoms with E-state index in [4.69, 9.17) is 9.47 Å². The number of ether oxygens (including phenoxy) is 2.